The Morgan fingerprint density at radius 3 is 2.79 bits per heavy atom. The van der Waals surface area contributed by atoms with Crippen molar-refractivity contribution in [1.82, 2.24) is 10.2 Å². The molecule has 0 saturated heterocycles. The highest BCUT2D eigenvalue weighted by Gasteiger charge is 2.21. The number of aromatic amines is 1. The van der Waals surface area contributed by atoms with E-state index in [4.69, 9.17) is 11.0 Å². The van der Waals surface area contributed by atoms with Gasteiger partial charge in [0.1, 0.15) is 16.8 Å². The summed E-state index contributed by atoms with van der Waals surface area (Å²) in [5, 5.41) is 15.0. The Labute approximate surface area is 110 Å². The highest BCUT2D eigenvalue weighted by atomic mass is 32.2. The first kappa shape index (κ1) is 12.9. The molecule has 0 unspecified atom stereocenters. The Morgan fingerprint density at radius 1 is 1.47 bits per heavy atom. The third kappa shape index (κ3) is 2.36. The Hall–Kier alpha value is -2.53. The topological polar surface area (TPSA) is 125 Å². The van der Waals surface area contributed by atoms with Gasteiger partial charge in [0.2, 0.25) is 0 Å². The lowest BCUT2D eigenvalue weighted by atomic mass is 10.1. The van der Waals surface area contributed by atoms with Gasteiger partial charge in [0, 0.05) is 0 Å². The quantitative estimate of drug-likeness (QED) is 0.771. The number of rotatable bonds is 3. The number of hydrogen-bond donors (Lipinski definition) is 3. The molecule has 1 heterocycles. The molecule has 2 rings (SSSR count). The van der Waals surface area contributed by atoms with Gasteiger partial charge in [-0.3, -0.25) is 9.82 Å². The second-order valence-electron chi connectivity index (χ2n) is 3.86. The van der Waals surface area contributed by atoms with E-state index >= 15 is 0 Å². The van der Waals surface area contributed by atoms with Gasteiger partial charge in [-0.05, 0) is 18.6 Å². The van der Waals surface area contributed by atoms with Gasteiger partial charge < -0.3 is 5.73 Å². The Kier molecular flexibility index (Phi) is 3.14. The maximum absolute atomic E-state index is 12.1. The monoisotopic (exact) mass is 277 g/mol. The SMILES string of the molecule is Cc1cccc(NS(=O)(=O)c2cn[nH]c2N)c1C#N. The third-order valence-corrected chi connectivity index (χ3v) is 3.94. The van der Waals surface area contributed by atoms with E-state index in [1.165, 1.54) is 6.07 Å². The normalized spacial score (nSPS) is 10.9. The number of H-pyrrole nitrogens is 1. The van der Waals surface area contributed by atoms with Crippen molar-refractivity contribution in [1.29, 1.82) is 5.26 Å². The summed E-state index contributed by atoms with van der Waals surface area (Å²) in [6.45, 7) is 1.72. The van der Waals surface area contributed by atoms with Crippen molar-refractivity contribution in [3.63, 3.8) is 0 Å². The summed E-state index contributed by atoms with van der Waals surface area (Å²) >= 11 is 0. The number of aryl methyl sites for hydroxylation is 1. The Morgan fingerprint density at radius 2 is 2.21 bits per heavy atom. The van der Waals surface area contributed by atoms with Crippen molar-refractivity contribution in [3.8, 4) is 6.07 Å². The molecule has 2 aromatic rings. The van der Waals surface area contributed by atoms with Crippen LogP contribution in [0.25, 0.3) is 0 Å². The van der Waals surface area contributed by atoms with Crippen molar-refractivity contribution in [2.24, 2.45) is 0 Å². The lowest BCUT2D eigenvalue weighted by Crippen LogP contribution is -2.15. The number of nitrogens with two attached hydrogens (primary N) is 1. The number of anilines is 2. The molecule has 19 heavy (non-hydrogen) atoms. The number of nitrogen functional groups attached to an aromatic ring is 1. The zero-order valence-electron chi connectivity index (χ0n) is 10.0. The number of aromatic nitrogens is 2. The average Bonchev–Trinajstić information content (AvgIpc) is 2.76. The molecule has 0 aliphatic carbocycles. The van der Waals surface area contributed by atoms with E-state index in [9.17, 15) is 8.42 Å². The Bertz CT molecular complexity index is 758. The molecule has 98 valence electrons. The molecule has 0 amide bonds. The van der Waals surface area contributed by atoms with Crippen LogP contribution in [0.15, 0.2) is 29.3 Å². The van der Waals surface area contributed by atoms with Gasteiger partial charge in [-0.15, -0.1) is 0 Å². The molecule has 0 aliphatic heterocycles. The summed E-state index contributed by atoms with van der Waals surface area (Å²) < 4.78 is 26.5. The minimum absolute atomic E-state index is 0.0568. The molecule has 0 saturated carbocycles. The fourth-order valence-electron chi connectivity index (χ4n) is 1.60. The van der Waals surface area contributed by atoms with E-state index in [2.05, 4.69) is 14.9 Å². The first-order chi connectivity index (χ1) is 8.95. The highest BCUT2D eigenvalue weighted by Crippen LogP contribution is 2.23. The summed E-state index contributed by atoms with van der Waals surface area (Å²) in [5.74, 6) is -0.0568. The van der Waals surface area contributed by atoms with Crippen LogP contribution in [0.4, 0.5) is 11.5 Å². The number of nitrogens with zero attached hydrogens (tertiary/aromatic N) is 2. The maximum atomic E-state index is 12.1. The van der Waals surface area contributed by atoms with Crippen molar-refractivity contribution in [3.05, 3.63) is 35.5 Å². The van der Waals surface area contributed by atoms with E-state index in [0.717, 1.165) is 6.20 Å². The minimum Gasteiger partial charge on any atom is -0.383 e. The molecule has 0 fully saturated rings. The van der Waals surface area contributed by atoms with Gasteiger partial charge in [0.05, 0.1) is 17.4 Å². The molecular formula is C11H11N5O2S. The number of nitrogens with one attached hydrogen (secondary N) is 2. The molecule has 8 heteroatoms. The lowest BCUT2D eigenvalue weighted by molar-refractivity contribution is 0.601. The van der Waals surface area contributed by atoms with Crippen molar-refractivity contribution in [2.45, 2.75) is 11.8 Å². The van der Waals surface area contributed by atoms with Crippen LogP contribution in [-0.4, -0.2) is 18.6 Å². The fourth-order valence-corrected chi connectivity index (χ4v) is 2.70. The van der Waals surface area contributed by atoms with E-state index in [1.807, 2.05) is 6.07 Å². The number of nitriles is 1. The summed E-state index contributed by atoms with van der Waals surface area (Å²) in [7, 11) is -3.87. The molecule has 7 nitrogen and oxygen atoms in total. The molecule has 1 aromatic heterocycles. The molecule has 0 bridgehead atoms. The zero-order valence-corrected chi connectivity index (χ0v) is 10.8. The van der Waals surface area contributed by atoms with Crippen LogP contribution in [0.1, 0.15) is 11.1 Å². The lowest BCUT2D eigenvalue weighted by Gasteiger charge is -2.09. The third-order valence-electron chi connectivity index (χ3n) is 2.55. The van der Waals surface area contributed by atoms with Gasteiger partial charge in [-0.25, -0.2) is 8.42 Å². The fraction of sp³-hybridized carbons (Fsp3) is 0.0909. The Balaban J connectivity index is 2.46. The van der Waals surface area contributed by atoms with Crippen LogP contribution in [0.2, 0.25) is 0 Å². The zero-order chi connectivity index (χ0) is 14.0. The van der Waals surface area contributed by atoms with Gasteiger partial charge in [-0.1, -0.05) is 12.1 Å². The molecule has 1 aromatic carbocycles. The minimum atomic E-state index is -3.87. The van der Waals surface area contributed by atoms with Crippen molar-refractivity contribution < 1.29 is 8.42 Å². The van der Waals surface area contributed by atoms with Crippen LogP contribution < -0.4 is 10.5 Å². The van der Waals surface area contributed by atoms with Crippen LogP contribution in [0.3, 0.4) is 0 Å². The van der Waals surface area contributed by atoms with Crippen LogP contribution in [0.5, 0.6) is 0 Å². The van der Waals surface area contributed by atoms with Gasteiger partial charge >= 0.3 is 0 Å². The van der Waals surface area contributed by atoms with Crippen molar-refractivity contribution in [2.75, 3.05) is 10.5 Å². The van der Waals surface area contributed by atoms with Crippen LogP contribution in [-0.2, 0) is 10.0 Å². The maximum Gasteiger partial charge on any atom is 0.267 e. The van der Waals surface area contributed by atoms with E-state index in [1.54, 1.807) is 19.1 Å². The van der Waals surface area contributed by atoms with Gasteiger partial charge in [0.15, 0.2) is 0 Å². The standard InChI is InChI=1S/C11H11N5O2S/c1-7-3-2-4-9(8(7)5-12)16-19(17,18)10-6-14-15-11(10)13/h2-4,6,16H,1H3,(H3,13,14,15). The van der Waals surface area contributed by atoms with Gasteiger partial charge in [0.25, 0.3) is 10.0 Å². The molecule has 0 atom stereocenters. The second kappa shape index (κ2) is 4.62. The first-order valence-electron chi connectivity index (χ1n) is 5.27. The predicted octanol–water partition coefficient (Wildman–Crippen LogP) is 0.973. The summed E-state index contributed by atoms with van der Waals surface area (Å²) in [6, 6.07) is 6.86. The largest absolute Gasteiger partial charge is 0.383 e. The van der Waals surface area contributed by atoms with E-state index in [0.29, 0.717) is 5.56 Å². The number of hydrogen-bond acceptors (Lipinski definition) is 5. The predicted molar refractivity (Wildman–Crippen MR) is 69.7 cm³/mol. The van der Waals surface area contributed by atoms with Crippen LogP contribution in [0, 0.1) is 18.3 Å². The molecule has 4 N–H and O–H groups in total. The molecule has 0 radical (unpaired) electrons. The number of benzene rings is 1. The summed E-state index contributed by atoms with van der Waals surface area (Å²) in [4.78, 5) is -0.155. The van der Waals surface area contributed by atoms with E-state index in [-0.39, 0.29) is 22.0 Å². The molecule has 0 spiro atoms. The van der Waals surface area contributed by atoms with Crippen LogP contribution >= 0.6 is 0 Å². The smallest absolute Gasteiger partial charge is 0.267 e. The summed E-state index contributed by atoms with van der Waals surface area (Å²) in [6.07, 6.45) is 1.11. The second-order valence-corrected chi connectivity index (χ2v) is 5.51. The van der Waals surface area contributed by atoms with Crippen molar-refractivity contribution >= 4 is 21.5 Å². The first-order valence-corrected chi connectivity index (χ1v) is 6.75. The summed E-state index contributed by atoms with van der Waals surface area (Å²) in [5.41, 5.74) is 6.64. The highest BCUT2D eigenvalue weighted by molar-refractivity contribution is 7.92. The number of sulfonamides is 1. The molecule has 0 aliphatic rings. The van der Waals surface area contributed by atoms with Gasteiger partial charge in [-0.2, -0.15) is 10.4 Å². The van der Waals surface area contributed by atoms with E-state index < -0.39 is 10.0 Å². The average molecular weight is 277 g/mol. The molecular weight excluding hydrogens is 266 g/mol.